The SMILES string of the molecule is CCCCCC/C(CCCCCO)=N/O. The monoisotopic (exact) mass is 215 g/mol. The van der Waals surface area contributed by atoms with Gasteiger partial charge >= 0.3 is 0 Å². The first-order chi connectivity index (χ1) is 7.35. The van der Waals surface area contributed by atoms with E-state index in [1.54, 1.807) is 0 Å². The van der Waals surface area contributed by atoms with E-state index in [-0.39, 0.29) is 6.61 Å². The zero-order valence-corrected chi connectivity index (χ0v) is 9.91. The highest BCUT2D eigenvalue weighted by Crippen LogP contribution is 2.08. The number of oxime groups is 1. The van der Waals surface area contributed by atoms with Crippen LogP contribution in [-0.2, 0) is 0 Å². The Morgan fingerprint density at radius 1 is 0.933 bits per heavy atom. The molecular weight excluding hydrogens is 190 g/mol. The lowest BCUT2D eigenvalue weighted by Gasteiger charge is -2.03. The Labute approximate surface area is 93.2 Å². The summed E-state index contributed by atoms with van der Waals surface area (Å²) in [5.74, 6) is 0. The van der Waals surface area contributed by atoms with Crippen molar-refractivity contribution in [2.24, 2.45) is 5.16 Å². The van der Waals surface area contributed by atoms with Crippen molar-refractivity contribution in [2.45, 2.75) is 64.7 Å². The second-order valence-corrected chi connectivity index (χ2v) is 4.01. The summed E-state index contributed by atoms with van der Waals surface area (Å²) in [5, 5.41) is 20.7. The summed E-state index contributed by atoms with van der Waals surface area (Å²) >= 11 is 0. The smallest absolute Gasteiger partial charge is 0.0570 e. The van der Waals surface area contributed by atoms with Gasteiger partial charge in [-0.15, -0.1) is 0 Å². The molecule has 0 bridgehead atoms. The van der Waals surface area contributed by atoms with Crippen LogP contribution in [-0.4, -0.2) is 22.6 Å². The zero-order chi connectivity index (χ0) is 11.4. The molecule has 0 heterocycles. The van der Waals surface area contributed by atoms with E-state index >= 15 is 0 Å². The maximum atomic E-state index is 8.78. The van der Waals surface area contributed by atoms with Gasteiger partial charge in [-0.1, -0.05) is 37.8 Å². The Morgan fingerprint density at radius 3 is 2.00 bits per heavy atom. The predicted octanol–water partition coefficient (Wildman–Crippen LogP) is 3.34. The highest BCUT2D eigenvalue weighted by molar-refractivity contribution is 5.83. The van der Waals surface area contributed by atoms with E-state index < -0.39 is 0 Å². The van der Waals surface area contributed by atoms with Crippen molar-refractivity contribution >= 4 is 5.71 Å². The van der Waals surface area contributed by atoms with Gasteiger partial charge in [0.05, 0.1) is 5.71 Å². The van der Waals surface area contributed by atoms with E-state index in [0.717, 1.165) is 44.2 Å². The molecule has 15 heavy (non-hydrogen) atoms. The third-order valence-electron chi connectivity index (χ3n) is 2.58. The highest BCUT2D eigenvalue weighted by atomic mass is 16.4. The van der Waals surface area contributed by atoms with Crippen LogP contribution in [0.25, 0.3) is 0 Å². The fourth-order valence-electron chi connectivity index (χ4n) is 1.60. The topological polar surface area (TPSA) is 52.8 Å². The molecule has 0 unspecified atom stereocenters. The molecule has 0 saturated carbocycles. The van der Waals surface area contributed by atoms with E-state index in [9.17, 15) is 0 Å². The fraction of sp³-hybridized carbons (Fsp3) is 0.917. The van der Waals surface area contributed by atoms with Gasteiger partial charge in [-0.05, 0) is 32.1 Å². The minimum absolute atomic E-state index is 0.266. The summed E-state index contributed by atoms with van der Waals surface area (Å²) in [6.45, 7) is 2.46. The Kier molecular flexibility index (Phi) is 11.1. The maximum Gasteiger partial charge on any atom is 0.0570 e. The Morgan fingerprint density at radius 2 is 1.53 bits per heavy atom. The second-order valence-electron chi connectivity index (χ2n) is 4.01. The summed E-state index contributed by atoms with van der Waals surface area (Å²) in [7, 11) is 0. The summed E-state index contributed by atoms with van der Waals surface area (Å²) < 4.78 is 0. The van der Waals surface area contributed by atoms with E-state index in [1.807, 2.05) is 0 Å². The molecule has 3 nitrogen and oxygen atoms in total. The molecule has 3 heteroatoms. The molecule has 90 valence electrons. The van der Waals surface area contributed by atoms with Crippen molar-refractivity contribution in [3.05, 3.63) is 0 Å². The molecule has 0 atom stereocenters. The van der Waals surface area contributed by atoms with Crippen LogP contribution >= 0.6 is 0 Å². The predicted molar refractivity (Wildman–Crippen MR) is 63.5 cm³/mol. The van der Waals surface area contributed by atoms with Crippen molar-refractivity contribution < 1.29 is 10.3 Å². The van der Waals surface area contributed by atoms with Crippen molar-refractivity contribution in [3.8, 4) is 0 Å². The van der Waals surface area contributed by atoms with Crippen molar-refractivity contribution in [3.63, 3.8) is 0 Å². The molecular formula is C12H25NO2. The first kappa shape index (κ1) is 14.4. The lowest BCUT2D eigenvalue weighted by molar-refractivity contribution is 0.283. The quantitative estimate of drug-likeness (QED) is 0.254. The molecule has 2 N–H and O–H groups in total. The number of unbranched alkanes of at least 4 members (excludes halogenated alkanes) is 5. The molecule has 0 saturated heterocycles. The molecule has 0 aromatic carbocycles. The van der Waals surface area contributed by atoms with Crippen LogP contribution in [0.15, 0.2) is 5.16 Å². The lowest BCUT2D eigenvalue weighted by Crippen LogP contribution is -1.99. The van der Waals surface area contributed by atoms with Gasteiger partial charge in [0.25, 0.3) is 0 Å². The summed E-state index contributed by atoms with van der Waals surface area (Å²) in [6.07, 6.45) is 9.57. The minimum atomic E-state index is 0.266. The van der Waals surface area contributed by atoms with Gasteiger partial charge in [0.2, 0.25) is 0 Å². The standard InChI is InChI=1S/C12H25NO2/c1-2-3-4-6-9-12(13-15)10-7-5-8-11-14/h14-15H,2-11H2,1H3/b13-12-. The number of nitrogens with zero attached hydrogens (tertiary/aromatic N) is 1. The molecule has 0 aliphatic heterocycles. The normalized spacial score (nSPS) is 12.0. The summed E-state index contributed by atoms with van der Waals surface area (Å²) in [4.78, 5) is 0. The van der Waals surface area contributed by atoms with Crippen LogP contribution in [0.4, 0.5) is 0 Å². The first-order valence-electron chi connectivity index (χ1n) is 6.15. The average molecular weight is 215 g/mol. The maximum absolute atomic E-state index is 8.78. The van der Waals surface area contributed by atoms with Gasteiger partial charge in [-0.2, -0.15) is 0 Å². The van der Waals surface area contributed by atoms with Crippen LogP contribution in [0, 0.1) is 0 Å². The summed E-state index contributed by atoms with van der Waals surface area (Å²) in [6, 6.07) is 0. The zero-order valence-electron chi connectivity index (χ0n) is 9.91. The lowest BCUT2D eigenvalue weighted by atomic mass is 10.0. The number of aliphatic hydroxyl groups is 1. The van der Waals surface area contributed by atoms with Crippen LogP contribution in [0.2, 0.25) is 0 Å². The second kappa shape index (κ2) is 11.5. The van der Waals surface area contributed by atoms with Gasteiger partial charge in [0, 0.05) is 6.61 Å². The largest absolute Gasteiger partial charge is 0.411 e. The van der Waals surface area contributed by atoms with E-state index in [1.165, 1.54) is 19.3 Å². The average Bonchev–Trinajstić information content (AvgIpc) is 2.27. The molecule has 0 aliphatic carbocycles. The fourth-order valence-corrected chi connectivity index (χ4v) is 1.60. The van der Waals surface area contributed by atoms with Crippen LogP contribution < -0.4 is 0 Å². The van der Waals surface area contributed by atoms with Gasteiger partial charge < -0.3 is 10.3 Å². The molecule has 0 spiro atoms. The first-order valence-corrected chi connectivity index (χ1v) is 6.15. The number of aliphatic hydroxyl groups excluding tert-OH is 1. The number of hydrogen-bond acceptors (Lipinski definition) is 3. The minimum Gasteiger partial charge on any atom is -0.411 e. The summed E-state index contributed by atoms with van der Waals surface area (Å²) in [5.41, 5.74) is 0.920. The van der Waals surface area contributed by atoms with Gasteiger partial charge in [-0.3, -0.25) is 0 Å². The third kappa shape index (κ3) is 9.73. The van der Waals surface area contributed by atoms with Crippen molar-refractivity contribution in [1.82, 2.24) is 0 Å². The van der Waals surface area contributed by atoms with Gasteiger partial charge in [0.1, 0.15) is 0 Å². The molecule has 0 aliphatic rings. The van der Waals surface area contributed by atoms with E-state index in [0.29, 0.717) is 0 Å². The Balaban J connectivity index is 3.39. The molecule has 0 aromatic rings. The molecule has 0 fully saturated rings. The third-order valence-corrected chi connectivity index (χ3v) is 2.58. The molecule has 0 amide bonds. The van der Waals surface area contributed by atoms with Crippen LogP contribution in [0.1, 0.15) is 64.7 Å². The van der Waals surface area contributed by atoms with E-state index in [4.69, 9.17) is 10.3 Å². The Hall–Kier alpha value is -0.570. The van der Waals surface area contributed by atoms with Crippen LogP contribution in [0.3, 0.4) is 0 Å². The van der Waals surface area contributed by atoms with Crippen molar-refractivity contribution in [2.75, 3.05) is 6.61 Å². The van der Waals surface area contributed by atoms with Crippen LogP contribution in [0.5, 0.6) is 0 Å². The molecule has 0 rings (SSSR count). The van der Waals surface area contributed by atoms with Gasteiger partial charge in [-0.25, -0.2) is 0 Å². The van der Waals surface area contributed by atoms with Crippen molar-refractivity contribution in [1.29, 1.82) is 0 Å². The Bertz CT molecular complexity index is 144. The number of hydrogen-bond donors (Lipinski definition) is 2. The molecule has 0 aromatic heterocycles. The molecule has 0 radical (unpaired) electrons. The van der Waals surface area contributed by atoms with Gasteiger partial charge in [0.15, 0.2) is 0 Å². The highest BCUT2D eigenvalue weighted by Gasteiger charge is 2.00. The van der Waals surface area contributed by atoms with E-state index in [2.05, 4.69) is 12.1 Å². The number of rotatable bonds is 10.